The summed E-state index contributed by atoms with van der Waals surface area (Å²) < 4.78 is 5.78. The zero-order valence-electron chi connectivity index (χ0n) is 12.7. The summed E-state index contributed by atoms with van der Waals surface area (Å²) in [5.74, 6) is 1.42. The fourth-order valence-corrected chi connectivity index (χ4v) is 4.15. The molecule has 0 radical (unpaired) electrons. The highest BCUT2D eigenvalue weighted by molar-refractivity contribution is 7.09. The maximum absolute atomic E-state index is 12.7. The molecule has 1 aliphatic heterocycles. The van der Waals surface area contributed by atoms with Gasteiger partial charge in [-0.3, -0.25) is 4.79 Å². The molecule has 1 saturated carbocycles. The fourth-order valence-electron chi connectivity index (χ4n) is 3.47. The van der Waals surface area contributed by atoms with Crippen LogP contribution in [0.2, 0.25) is 0 Å². The van der Waals surface area contributed by atoms with Crippen LogP contribution in [0.5, 0.6) is 0 Å². The molecule has 116 valence electrons. The highest BCUT2D eigenvalue weighted by atomic mass is 32.1. The summed E-state index contributed by atoms with van der Waals surface area (Å²) in [5.41, 5.74) is 0. The molecular weight excluding hydrogens is 284 g/mol. The van der Waals surface area contributed by atoms with Crippen LogP contribution in [0.25, 0.3) is 0 Å². The van der Waals surface area contributed by atoms with Gasteiger partial charge in [0.15, 0.2) is 0 Å². The Morgan fingerprint density at radius 1 is 1.43 bits per heavy atom. The maximum Gasteiger partial charge on any atom is 0.225 e. The van der Waals surface area contributed by atoms with Gasteiger partial charge in [0.05, 0.1) is 13.2 Å². The van der Waals surface area contributed by atoms with Gasteiger partial charge >= 0.3 is 0 Å². The summed E-state index contributed by atoms with van der Waals surface area (Å²) in [6, 6.07) is 0. The first-order chi connectivity index (χ1) is 10.3. The van der Waals surface area contributed by atoms with Crippen molar-refractivity contribution in [3.05, 3.63) is 16.6 Å². The lowest BCUT2D eigenvalue weighted by atomic mass is 9.80. The number of carbonyl (C=O) groups is 1. The number of hydrogen-bond donors (Lipinski definition) is 0. The summed E-state index contributed by atoms with van der Waals surface area (Å²) in [4.78, 5) is 19.0. The van der Waals surface area contributed by atoms with E-state index in [-0.39, 0.29) is 12.0 Å². The Hall–Kier alpha value is -0.940. The lowest BCUT2D eigenvalue weighted by Crippen LogP contribution is -2.45. The zero-order valence-corrected chi connectivity index (χ0v) is 13.5. The first kappa shape index (κ1) is 15.0. The summed E-state index contributed by atoms with van der Waals surface area (Å²) in [5, 5.41) is 2.95. The maximum atomic E-state index is 12.7. The van der Waals surface area contributed by atoms with Crippen LogP contribution in [-0.4, -0.2) is 35.5 Å². The summed E-state index contributed by atoms with van der Waals surface area (Å²) >= 11 is 1.61. The van der Waals surface area contributed by atoms with Crippen LogP contribution in [0.15, 0.2) is 11.6 Å². The predicted molar refractivity (Wildman–Crippen MR) is 83.1 cm³/mol. The molecule has 2 aliphatic rings. The molecule has 1 aromatic rings. The van der Waals surface area contributed by atoms with Crippen molar-refractivity contribution in [1.82, 2.24) is 9.88 Å². The number of hydrogen-bond acceptors (Lipinski definition) is 4. The van der Waals surface area contributed by atoms with Gasteiger partial charge in [-0.25, -0.2) is 4.98 Å². The molecule has 0 spiro atoms. The third-order valence-electron chi connectivity index (χ3n) is 4.88. The van der Waals surface area contributed by atoms with Gasteiger partial charge in [-0.15, -0.1) is 11.3 Å². The highest BCUT2D eigenvalue weighted by Crippen LogP contribution is 2.33. The molecule has 2 heterocycles. The van der Waals surface area contributed by atoms with Crippen LogP contribution >= 0.6 is 11.3 Å². The van der Waals surface area contributed by atoms with E-state index in [1.54, 1.807) is 17.5 Å². The molecule has 1 aliphatic carbocycles. The molecule has 5 heteroatoms. The minimum absolute atomic E-state index is 0.0327. The highest BCUT2D eigenvalue weighted by Gasteiger charge is 2.32. The van der Waals surface area contributed by atoms with E-state index in [2.05, 4.69) is 11.9 Å². The number of nitrogens with zero attached hydrogens (tertiary/aromatic N) is 2. The van der Waals surface area contributed by atoms with E-state index >= 15 is 0 Å². The van der Waals surface area contributed by atoms with Crippen molar-refractivity contribution in [2.45, 2.75) is 45.1 Å². The van der Waals surface area contributed by atoms with E-state index in [1.807, 2.05) is 10.3 Å². The number of carbonyl (C=O) groups excluding carboxylic acids is 1. The third-order valence-corrected chi connectivity index (χ3v) is 5.75. The monoisotopic (exact) mass is 308 g/mol. The van der Waals surface area contributed by atoms with E-state index in [1.165, 1.54) is 19.3 Å². The van der Waals surface area contributed by atoms with E-state index in [0.29, 0.717) is 19.1 Å². The van der Waals surface area contributed by atoms with Crippen LogP contribution in [0, 0.1) is 11.8 Å². The molecule has 0 unspecified atom stereocenters. The van der Waals surface area contributed by atoms with Crippen LogP contribution in [0.4, 0.5) is 0 Å². The van der Waals surface area contributed by atoms with Gasteiger partial charge in [0.25, 0.3) is 0 Å². The topological polar surface area (TPSA) is 42.4 Å². The predicted octanol–water partition coefficient (Wildman–Crippen LogP) is 3.26. The Kier molecular flexibility index (Phi) is 4.91. The molecular formula is C16H24N2O2S. The molecule has 0 N–H and O–H groups in total. The van der Waals surface area contributed by atoms with Gasteiger partial charge in [0.2, 0.25) is 5.91 Å². The zero-order chi connectivity index (χ0) is 14.7. The van der Waals surface area contributed by atoms with Crippen molar-refractivity contribution < 1.29 is 9.53 Å². The Bertz CT molecular complexity index is 455. The lowest BCUT2D eigenvalue weighted by Gasteiger charge is -2.36. The average molecular weight is 308 g/mol. The standard InChI is InChI=1S/C16H24N2O2S/c1-2-12-3-5-13(6-4-12)16(19)18-8-9-20-14(11-18)15-17-7-10-21-15/h7,10,12-14H,2-6,8-9,11H2,1H3/t12?,13?,14-/m0/s1. The van der Waals surface area contributed by atoms with Crippen molar-refractivity contribution in [1.29, 1.82) is 0 Å². The lowest BCUT2D eigenvalue weighted by molar-refractivity contribution is -0.144. The van der Waals surface area contributed by atoms with Crippen LogP contribution in [-0.2, 0) is 9.53 Å². The largest absolute Gasteiger partial charge is 0.367 e. The van der Waals surface area contributed by atoms with Crippen molar-refractivity contribution in [3.8, 4) is 0 Å². The van der Waals surface area contributed by atoms with E-state index < -0.39 is 0 Å². The molecule has 3 rings (SSSR count). The molecule has 2 fully saturated rings. The third kappa shape index (κ3) is 3.46. The number of thiazole rings is 1. The SMILES string of the molecule is CCC1CCC(C(=O)N2CCO[C@H](c3nccs3)C2)CC1. The Balaban J connectivity index is 1.57. The number of amides is 1. The van der Waals surface area contributed by atoms with Crippen molar-refractivity contribution in [3.63, 3.8) is 0 Å². The molecule has 1 amide bonds. The normalized spacial score (nSPS) is 30.3. The summed E-state index contributed by atoms with van der Waals surface area (Å²) in [6.45, 7) is 4.28. The summed E-state index contributed by atoms with van der Waals surface area (Å²) in [6.07, 6.45) is 7.59. The van der Waals surface area contributed by atoms with Gasteiger partial charge < -0.3 is 9.64 Å². The Morgan fingerprint density at radius 2 is 2.24 bits per heavy atom. The van der Waals surface area contributed by atoms with Crippen LogP contribution in [0.3, 0.4) is 0 Å². The first-order valence-corrected chi connectivity index (χ1v) is 8.95. The fraction of sp³-hybridized carbons (Fsp3) is 0.750. The molecule has 1 aromatic heterocycles. The van der Waals surface area contributed by atoms with E-state index in [4.69, 9.17) is 4.74 Å². The Labute approximate surface area is 130 Å². The number of rotatable bonds is 3. The second-order valence-corrected chi connectivity index (χ2v) is 7.07. The van der Waals surface area contributed by atoms with Crippen molar-refractivity contribution in [2.24, 2.45) is 11.8 Å². The van der Waals surface area contributed by atoms with Gasteiger partial charge in [-0.1, -0.05) is 13.3 Å². The van der Waals surface area contributed by atoms with Gasteiger partial charge in [0, 0.05) is 24.0 Å². The van der Waals surface area contributed by atoms with E-state index in [0.717, 1.165) is 30.3 Å². The quantitative estimate of drug-likeness (QED) is 0.861. The van der Waals surface area contributed by atoms with Gasteiger partial charge in [0.1, 0.15) is 11.1 Å². The molecule has 0 bridgehead atoms. The second kappa shape index (κ2) is 6.88. The molecule has 1 saturated heterocycles. The van der Waals surface area contributed by atoms with Crippen molar-refractivity contribution in [2.75, 3.05) is 19.7 Å². The van der Waals surface area contributed by atoms with Crippen LogP contribution in [0.1, 0.15) is 50.1 Å². The van der Waals surface area contributed by atoms with Gasteiger partial charge in [-0.05, 0) is 31.6 Å². The molecule has 4 nitrogen and oxygen atoms in total. The minimum atomic E-state index is -0.0327. The number of morpholine rings is 1. The Morgan fingerprint density at radius 3 is 2.90 bits per heavy atom. The molecule has 1 atom stereocenters. The average Bonchev–Trinajstić information content (AvgIpc) is 3.09. The minimum Gasteiger partial charge on any atom is -0.367 e. The van der Waals surface area contributed by atoms with Crippen molar-refractivity contribution >= 4 is 17.2 Å². The molecule has 21 heavy (non-hydrogen) atoms. The number of aromatic nitrogens is 1. The summed E-state index contributed by atoms with van der Waals surface area (Å²) in [7, 11) is 0. The van der Waals surface area contributed by atoms with Crippen LogP contribution < -0.4 is 0 Å². The first-order valence-electron chi connectivity index (χ1n) is 8.07. The second-order valence-electron chi connectivity index (χ2n) is 6.14. The van der Waals surface area contributed by atoms with E-state index in [9.17, 15) is 4.79 Å². The smallest absolute Gasteiger partial charge is 0.225 e. The molecule has 0 aromatic carbocycles. The van der Waals surface area contributed by atoms with Gasteiger partial charge in [-0.2, -0.15) is 0 Å². The number of ether oxygens (including phenoxy) is 1.